The third-order valence-electron chi connectivity index (χ3n) is 2.14. The van der Waals surface area contributed by atoms with Gasteiger partial charge in [0, 0.05) is 24.6 Å². The molecule has 0 saturated heterocycles. The van der Waals surface area contributed by atoms with E-state index in [0.717, 1.165) is 0 Å². The van der Waals surface area contributed by atoms with Crippen LogP contribution >= 0.6 is 0 Å². The summed E-state index contributed by atoms with van der Waals surface area (Å²) in [7, 11) is 1.67. The Balaban J connectivity index is 2.75. The van der Waals surface area contributed by atoms with Crippen molar-refractivity contribution in [3.05, 3.63) is 28.3 Å². The first-order valence-corrected chi connectivity index (χ1v) is 4.51. The van der Waals surface area contributed by atoms with Gasteiger partial charge in [-0.1, -0.05) is 0 Å². The first kappa shape index (κ1) is 10.1. The van der Waals surface area contributed by atoms with Crippen molar-refractivity contribution < 1.29 is 4.92 Å². The summed E-state index contributed by atoms with van der Waals surface area (Å²) in [6, 6.07) is 4.35. The molecule has 1 aromatic carbocycles. The SMILES string of the molecule is CNc1nc(N)nc2ccc([N+](=O)[O-])cc12. The minimum absolute atomic E-state index is 0.00243. The molecule has 7 nitrogen and oxygen atoms in total. The van der Waals surface area contributed by atoms with Crippen LogP contribution in [0, 0.1) is 10.1 Å². The van der Waals surface area contributed by atoms with Gasteiger partial charge < -0.3 is 11.1 Å². The van der Waals surface area contributed by atoms with E-state index in [1.54, 1.807) is 13.1 Å². The highest BCUT2D eigenvalue weighted by molar-refractivity contribution is 5.91. The maximum absolute atomic E-state index is 10.6. The van der Waals surface area contributed by atoms with Gasteiger partial charge in [-0.15, -0.1) is 0 Å². The van der Waals surface area contributed by atoms with Crippen LogP contribution in [0.2, 0.25) is 0 Å². The number of fused-ring (bicyclic) bond motifs is 1. The molecule has 0 unspecified atom stereocenters. The van der Waals surface area contributed by atoms with Gasteiger partial charge in [0.1, 0.15) is 5.82 Å². The van der Waals surface area contributed by atoms with Gasteiger partial charge in [-0.3, -0.25) is 10.1 Å². The number of nitrogens with two attached hydrogens (primary N) is 1. The van der Waals surface area contributed by atoms with E-state index in [9.17, 15) is 10.1 Å². The zero-order chi connectivity index (χ0) is 11.7. The predicted molar refractivity (Wildman–Crippen MR) is 60.2 cm³/mol. The van der Waals surface area contributed by atoms with Crippen molar-refractivity contribution in [3.8, 4) is 0 Å². The van der Waals surface area contributed by atoms with Gasteiger partial charge in [0.15, 0.2) is 0 Å². The van der Waals surface area contributed by atoms with E-state index in [2.05, 4.69) is 15.3 Å². The first-order chi connectivity index (χ1) is 7.61. The average Bonchev–Trinajstić information content (AvgIpc) is 2.27. The van der Waals surface area contributed by atoms with E-state index in [4.69, 9.17) is 5.73 Å². The lowest BCUT2D eigenvalue weighted by Gasteiger charge is -2.05. The Kier molecular flexibility index (Phi) is 2.28. The van der Waals surface area contributed by atoms with Gasteiger partial charge in [-0.2, -0.15) is 4.98 Å². The number of non-ortho nitro benzene ring substituents is 1. The molecule has 0 fully saturated rings. The monoisotopic (exact) mass is 219 g/mol. The number of nitrogens with zero attached hydrogens (tertiary/aromatic N) is 3. The molecule has 0 aliphatic heterocycles. The van der Waals surface area contributed by atoms with E-state index < -0.39 is 4.92 Å². The lowest BCUT2D eigenvalue weighted by molar-refractivity contribution is -0.384. The van der Waals surface area contributed by atoms with Gasteiger partial charge in [0.05, 0.1) is 10.4 Å². The third-order valence-corrected chi connectivity index (χ3v) is 2.14. The fourth-order valence-corrected chi connectivity index (χ4v) is 1.44. The van der Waals surface area contributed by atoms with Gasteiger partial charge in [-0.25, -0.2) is 4.98 Å². The van der Waals surface area contributed by atoms with E-state index in [-0.39, 0.29) is 11.6 Å². The lowest BCUT2D eigenvalue weighted by atomic mass is 10.2. The maximum Gasteiger partial charge on any atom is 0.270 e. The van der Waals surface area contributed by atoms with Crippen LogP contribution in [-0.4, -0.2) is 21.9 Å². The summed E-state index contributed by atoms with van der Waals surface area (Å²) in [6.07, 6.45) is 0. The standard InChI is InChI=1S/C9H9N5O2/c1-11-8-6-4-5(14(15)16)2-3-7(6)12-9(10)13-8/h2-4H,1H3,(H3,10,11,12,13). The molecular formula is C9H9N5O2. The number of nitro benzene ring substituents is 1. The maximum atomic E-state index is 10.6. The van der Waals surface area contributed by atoms with Crippen LogP contribution in [0.4, 0.5) is 17.5 Å². The highest BCUT2D eigenvalue weighted by atomic mass is 16.6. The van der Waals surface area contributed by atoms with E-state index in [1.807, 2.05) is 0 Å². The molecule has 0 radical (unpaired) electrons. The van der Waals surface area contributed by atoms with Crippen molar-refractivity contribution in [2.45, 2.75) is 0 Å². The molecule has 2 aromatic rings. The molecule has 2 rings (SSSR count). The topological polar surface area (TPSA) is 107 Å². The molecule has 3 N–H and O–H groups in total. The Morgan fingerprint density at radius 2 is 2.19 bits per heavy atom. The smallest absolute Gasteiger partial charge is 0.270 e. The second kappa shape index (κ2) is 3.61. The Hall–Kier alpha value is -2.44. The number of nitrogen functional groups attached to an aromatic ring is 1. The summed E-state index contributed by atoms with van der Waals surface area (Å²) in [5.41, 5.74) is 6.07. The fourth-order valence-electron chi connectivity index (χ4n) is 1.44. The lowest BCUT2D eigenvalue weighted by Crippen LogP contribution is -2.01. The zero-order valence-corrected chi connectivity index (χ0v) is 8.47. The summed E-state index contributed by atoms with van der Waals surface area (Å²) in [4.78, 5) is 18.1. The van der Waals surface area contributed by atoms with Crippen LogP contribution in [0.25, 0.3) is 10.9 Å². The molecule has 1 aromatic heterocycles. The van der Waals surface area contributed by atoms with Gasteiger partial charge >= 0.3 is 0 Å². The van der Waals surface area contributed by atoms with Gasteiger partial charge in [-0.05, 0) is 6.07 Å². The van der Waals surface area contributed by atoms with Crippen molar-refractivity contribution in [1.82, 2.24) is 9.97 Å². The van der Waals surface area contributed by atoms with E-state index in [0.29, 0.717) is 16.7 Å². The van der Waals surface area contributed by atoms with Crippen LogP contribution in [0.1, 0.15) is 0 Å². The molecule has 0 aliphatic rings. The highest BCUT2D eigenvalue weighted by Gasteiger charge is 2.10. The molecule has 0 atom stereocenters. The minimum atomic E-state index is -0.463. The summed E-state index contributed by atoms with van der Waals surface area (Å²) < 4.78 is 0. The average molecular weight is 219 g/mol. The van der Waals surface area contributed by atoms with Crippen molar-refractivity contribution in [3.63, 3.8) is 0 Å². The third kappa shape index (κ3) is 1.58. The zero-order valence-electron chi connectivity index (χ0n) is 8.47. The molecule has 16 heavy (non-hydrogen) atoms. The Labute approximate surface area is 90.5 Å². The Morgan fingerprint density at radius 3 is 2.81 bits per heavy atom. The predicted octanol–water partition coefficient (Wildman–Crippen LogP) is 1.16. The first-order valence-electron chi connectivity index (χ1n) is 4.51. The quantitative estimate of drug-likeness (QED) is 0.579. The summed E-state index contributed by atoms with van der Waals surface area (Å²) in [5.74, 6) is 0.608. The second-order valence-corrected chi connectivity index (χ2v) is 3.14. The van der Waals surface area contributed by atoms with Crippen LogP contribution in [0.5, 0.6) is 0 Å². The van der Waals surface area contributed by atoms with E-state index >= 15 is 0 Å². The van der Waals surface area contributed by atoms with Crippen molar-refractivity contribution in [2.24, 2.45) is 0 Å². The minimum Gasteiger partial charge on any atom is -0.372 e. The summed E-state index contributed by atoms with van der Waals surface area (Å²) in [5, 5.41) is 14.0. The fraction of sp³-hybridized carbons (Fsp3) is 0.111. The number of nitrogens with one attached hydrogen (secondary N) is 1. The normalized spacial score (nSPS) is 10.3. The summed E-state index contributed by atoms with van der Waals surface area (Å²) >= 11 is 0. The Bertz CT molecular complexity index is 569. The number of aromatic nitrogens is 2. The second-order valence-electron chi connectivity index (χ2n) is 3.14. The Morgan fingerprint density at radius 1 is 1.44 bits per heavy atom. The van der Waals surface area contributed by atoms with Crippen LogP contribution < -0.4 is 11.1 Å². The van der Waals surface area contributed by atoms with Crippen LogP contribution in [0.3, 0.4) is 0 Å². The van der Waals surface area contributed by atoms with Crippen molar-refractivity contribution in [2.75, 3.05) is 18.1 Å². The van der Waals surface area contributed by atoms with Crippen molar-refractivity contribution >= 4 is 28.4 Å². The molecular weight excluding hydrogens is 210 g/mol. The molecule has 0 spiro atoms. The van der Waals surface area contributed by atoms with Gasteiger partial charge in [0.2, 0.25) is 5.95 Å². The van der Waals surface area contributed by atoms with Gasteiger partial charge in [0.25, 0.3) is 5.69 Å². The molecule has 0 bridgehead atoms. The molecule has 0 aliphatic carbocycles. The van der Waals surface area contributed by atoms with Crippen molar-refractivity contribution in [1.29, 1.82) is 0 Å². The molecule has 82 valence electrons. The van der Waals surface area contributed by atoms with Crippen LogP contribution in [0.15, 0.2) is 18.2 Å². The number of anilines is 2. The molecule has 0 saturated carbocycles. The summed E-state index contributed by atoms with van der Waals surface area (Å²) in [6.45, 7) is 0. The number of benzene rings is 1. The number of nitro groups is 1. The molecule has 7 heteroatoms. The van der Waals surface area contributed by atoms with Crippen LogP contribution in [-0.2, 0) is 0 Å². The molecule has 1 heterocycles. The number of rotatable bonds is 2. The molecule has 0 amide bonds. The number of hydrogen-bond donors (Lipinski definition) is 2. The van der Waals surface area contributed by atoms with E-state index in [1.165, 1.54) is 12.1 Å². The highest BCUT2D eigenvalue weighted by Crippen LogP contribution is 2.25. The largest absolute Gasteiger partial charge is 0.372 e. The number of hydrogen-bond acceptors (Lipinski definition) is 6.